The van der Waals surface area contributed by atoms with E-state index < -0.39 is 6.10 Å². The highest BCUT2D eigenvalue weighted by Crippen LogP contribution is 2.17. The van der Waals surface area contributed by atoms with Crippen molar-refractivity contribution in [1.29, 1.82) is 0 Å². The predicted molar refractivity (Wildman–Crippen MR) is 348 cm³/mol. The number of ether oxygens (including phenoxy) is 3. The van der Waals surface area contributed by atoms with Crippen LogP contribution in [-0.2, 0) is 28.6 Å². The first-order chi connectivity index (χ1) is 39.5. The molecule has 6 nitrogen and oxygen atoms in total. The zero-order valence-corrected chi connectivity index (χ0v) is 53.1. The van der Waals surface area contributed by atoms with E-state index in [1.54, 1.807) is 0 Å². The van der Waals surface area contributed by atoms with Gasteiger partial charge in [-0.3, -0.25) is 14.4 Å². The molecule has 80 heavy (non-hydrogen) atoms. The Hall–Kier alpha value is -3.41. The van der Waals surface area contributed by atoms with E-state index in [0.717, 1.165) is 96.3 Å². The third kappa shape index (κ3) is 65.4. The molecule has 0 spiro atoms. The van der Waals surface area contributed by atoms with Crippen LogP contribution in [0.4, 0.5) is 0 Å². The van der Waals surface area contributed by atoms with Crippen LogP contribution in [0.1, 0.15) is 348 Å². The normalized spacial score (nSPS) is 12.6. The first kappa shape index (κ1) is 76.6. The standard InChI is InChI=1S/C74H130O6/c1-4-7-10-13-16-19-22-25-27-29-31-32-33-34-35-36-37-38-39-40-41-42-44-45-47-49-52-55-58-61-64-67-73(76)79-70-71(69-78-72(75)66-63-60-57-54-51-24-21-18-15-12-9-6-3)80-74(77)68-65-62-59-56-53-50-48-46-43-30-28-26-23-20-17-14-11-8-5-2/h7,10,16-21,25-28,31-32,71H,4-6,8-9,11-15,22-24,29-30,33-70H2,1-3H3/b10-7-,19-16-,20-17-,21-18-,27-25-,28-26-,32-31-. The van der Waals surface area contributed by atoms with Gasteiger partial charge >= 0.3 is 17.9 Å². The summed E-state index contributed by atoms with van der Waals surface area (Å²) in [7, 11) is 0. The summed E-state index contributed by atoms with van der Waals surface area (Å²) >= 11 is 0. The Balaban J connectivity index is 4.18. The summed E-state index contributed by atoms with van der Waals surface area (Å²) in [6.45, 7) is 6.51. The zero-order chi connectivity index (χ0) is 57.8. The fraction of sp³-hybridized carbons (Fsp3) is 0.770. The minimum atomic E-state index is -0.781. The second kappa shape index (κ2) is 68.1. The number of hydrogen-bond acceptors (Lipinski definition) is 6. The van der Waals surface area contributed by atoms with E-state index in [4.69, 9.17) is 14.2 Å². The summed E-state index contributed by atoms with van der Waals surface area (Å²) in [5.41, 5.74) is 0. The number of carbonyl (C=O) groups excluding carboxylic acids is 3. The van der Waals surface area contributed by atoms with Gasteiger partial charge in [0, 0.05) is 19.3 Å². The molecule has 1 atom stereocenters. The molecule has 0 N–H and O–H groups in total. The maximum Gasteiger partial charge on any atom is 0.306 e. The van der Waals surface area contributed by atoms with Crippen LogP contribution in [0.25, 0.3) is 0 Å². The van der Waals surface area contributed by atoms with Gasteiger partial charge in [0.1, 0.15) is 13.2 Å². The number of rotatable bonds is 63. The molecule has 0 heterocycles. The van der Waals surface area contributed by atoms with Crippen LogP contribution >= 0.6 is 0 Å². The number of hydrogen-bond donors (Lipinski definition) is 0. The van der Waals surface area contributed by atoms with Crippen LogP contribution in [-0.4, -0.2) is 37.2 Å². The highest BCUT2D eigenvalue weighted by molar-refractivity contribution is 5.71. The Kier molecular flexibility index (Phi) is 65.2. The summed E-state index contributed by atoms with van der Waals surface area (Å²) in [5.74, 6) is -0.874. The number of unbranched alkanes of at least 4 members (excludes halogenated alkanes) is 38. The maximum atomic E-state index is 12.9. The Bertz CT molecular complexity index is 1520. The minimum absolute atomic E-state index is 0.0770. The molecule has 0 aromatic heterocycles. The lowest BCUT2D eigenvalue weighted by atomic mass is 10.0. The van der Waals surface area contributed by atoms with E-state index in [2.05, 4.69) is 106 Å². The molecule has 0 fully saturated rings. The molecule has 0 saturated carbocycles. The second-order valence-electron chi connectivity index (χ2n) is 23.1. The molecule has 0 aromatic carbocycles. The van der Waals surface area contributed by atoms with Crippen LogP contribution in [0.15, 0.2) is 85.1 Å². The van der Waals surface area contributed by atoms with Gasteiger partial charge in [0.05, 0.1) is 0 Å². The van der Waals surface area contributed by atoms with Crippen molar-refractivity contribution in [2.24, 2.45) is 0 Å². The van der Waals surface area contributed by atoms with Crippen LogP contribution in [0, 0.1) is 0 Å². The van der Waals surface area contributed by atoms with E-state index in [0.29, 0.717) is 19.3 Å². The molecule has 462 valence electrons. The van der Waals surface area contributed by atoms with Crippen molar-refractivity contribution in [2.75, 3.05) is 13.2 Å². The Morgan fingerprint density at radius 3 is 0.775 bits per heavy atom. The maximum absolute atomic E-state index is 12.9. The largest absolute Gasteiger partial charge is 0.462 e. The molecule has 0 aliphatic heterocycles. The highest BCUT2D eigenvalue weighted by Gasteiger charge is 2.19. The average molecular weight is 1120 g/mol. The molecular weight excluding hydrogens is 985 g/mol. The van der Waals surface area contributed by atoms with Gasteiger partial charge in [-0.1, -0.05) is 298 Å². The summed E-state index contributed by atoms with van der Waals surface area (Å²) in [5, 5.41) is 0. The van der Waals surface area contributed by atoms with Crippen LogP contribution in [0.3, 0.4) is 0 Å². The van der Waals surface area contributed by atoms with Gasteiger partial charge in [0.25, 0.3) is 0 Å². The minimum Gasteiger partial charge on any atom is -0.462 e. The fourth-order valence-electron chi connectivity index (χ4n) is 9.93. The van der Waals surface area contributed by atoms with Gasteiger partial charge in [-0.05, 0) is 116 Å². The lowest BCUT2D eigenvalue weighted by molar-refractivity contribution is -0.167. The van der Waals surface area contributed by atoms with Gasteiger partial charge in [0.2, 0.25) is 0 Å². The van der Waals surface area contributed by atoms with Gasteiger partial charge in [-0.25, -0.2) is 0 Å². The Morgan fingerprint density at radius 1 is 0.263 bits per heavy atom. The van der Waals surface area contributed by atoms with Crippen molar-refractivity contribution in [3.63, 3.8) is 0 Å². The number of allylic oxidation sites excluding steroid dienone is 14. The van der Waals surface area contributed by atoms with Crippen LogP contribution in [0.2, 0.25) is 0 Å². The first-order valence-electron chi connectivity index (χ1n) is 34.6. The topological polar surface area (TPSA) is 78.9 Å². The van der Waals surface area contributed by atoms with E-state index >= 15 is 0 Å². The van der Waals surface area contributed by atoms with Crippen molar-refractivity contribution in [3.05, 3.63) is 85.1 Å². The van der Waals surface area contributed by atoms with Crippen molar-refractivity contribution in [3.8, 4) is 0 Å². The zero-order valence-electron chi connectivity index (χ0n) is 53.1. The molecule has 0 aliphatic carbocycles. The molecule has 0 bridgehead atoms. The Morgan fingerprint density at radius 2 is 0.487 bits per heavy atom. The molecule has 0 rings (SSSR count). The van der Waals surface area contributed by atoms with E-state index in [9.17, 15) is 14.4 Å². The Labute approximate surface area is 496 Å². The summed E-state index contributed by atoms with van der Waals surface area (Å²) < 4.78 is 16.9. The monoisotopic (exact) mass is 1110 g/mol. The molecular formula is C74H130O6. The molecule has 0 saturated heterocycles. The molecule has 0 aliphatic rings. The first-order valence-corrected chi connectivity index (χ1v) is 34.6. The molecule has 0 aromatic rings. The van der Waals surface area contributed by atoms with Crippen molar-refractivity contribution in [1.82, 2.24) is 0 Å². The lowest BCUT2D eigenvalue weighted by Gasteiger charge is -2.18. The predicted octanol–water partition coefficient (Wildman–Crippen LogP) is 23.8. The van der Waals surface area contributed by atoms with Crippen LogP contribution in [0.5, 0.6) is 0 Å². The van der Waals surface area contributed by atoms with Crippen LogP contribution < -0.4 is 0 Å². The van der Waals surface area contributed by atoms with Crippen molar-refractivity contribution < 1.29 is 28.6 Å². The SMILES string of the molecule is CC/C=C\C/C=C\C/C=C\C/C=C\CCCCCCCCCCCCCCCCCCCCC(=O)OCC(COC(=O)CCCCCCC/C=C\CCCCC)OC(=O)CCCCCCCCCCC/C=C\C/C=C\CCCCC. The van der Waals surface area contributed by atoms with Gasteiger partial charge in [-0.15, -0.1) is 0 Å². The third-order valence-corrected chi connectivity index (χ3v) is 15.1. The van der Waals surface area contributed by atoms with Crippen molar-refractivity contribution >= 4 is 17.9 Å². The summed E-state index contributed by atoms with van der Waals surface area (Å²) in [6, 6.07) is 0. The highest BCUT2D eigenvalue weighted by atomic mass is 16.6. The lowest BCUT2D eigenvalue weighted by Crippen LogP contribution is -2.30. The quantitative estimate of drug-likeness (QED) is 0.0261. The molecule has 6 heteroatoms. The number of carbonyl (C=O) groups is 3. The number of esters is 3. The van der Waals surface area contributed by atoms with Gasteiger partial charge in [0.15, 0.2) is 6.10 Å². The average Bonchev–Trinajstić information content (AvgIpc) is 3.46. The molecule has 0 radical (unpaired) electrons. The third-order valence-electron chi connectivity index (χ3n) is 15.1. The van der Waals surface area contributed by atoms with E-state index in [-0.39, 0.29) is 31.1 Å². The van der Waals surface area contributed by atoms with Crippen molar-refractivity contribution in [2.45, 2.75) is 354 Å². The molecule has 0 amide bonds. The summed E-state index contributed by atoms with van der Waals surface area (Å²) in [4.78, 5) is 38.3. The summed E-state index contributed by atoms with van der Waals surface area (Å²) in [6.07, 6.45) is 90.4. The second-order valence-corrected chi connectivity index (χ2v) is 23.1. The van der Waals surface area contributed by atoms with E-state index in [1.165, 1.54) is 212 Å². The smallest absolute Gasteiger partial charge is 0.306 e. The van der Waals surface area contributed by atoms with Gasteiger partial charge in [-0.2, -0.15) is 0 Å². The molecule has 1 unspecified atom stereocenters. The van der Waals surface area contributed by atoms with E-state index in [1.807, 2.05) is 0 Å². The fourth-order valence-corrected chi connectivity index (χ4v) is 9.93. The van der Waals surface area contributed by atoms with Gasteiger partial charge < -0.3 is 14.2 Å².